The number of carbonyl (C=O) groups excluding carboxylic acids is 2. The zero-order valence-corrected chi connectivity index (χ0v) is 17.7. The van der Waals surface area contributed by atoms with Crippen LogP contribution in [-0.4, -0.2) is 47.9 Å². The summed E-state index contributed by atoms with van der Waals surface area (Å²) in [5, 5.41) is 6.14. The standard InChI is InChI=1S/C17H23BrN4O2.2ClH/c18-14-5-6-15(20-10-14)21-16(23)13-4-2-8-22(11-13)17(24)12-3-1-7-19-9-12;;/h5-6,10,12-13,19H,1-4,7-9,11H2,(H,20,21,23);2*1H. The summed E-state index contributed by atoms with van der Waals surface area (Å²) in [5.41, 5.74) is 0. The van der Waals surface area contributed by atoms with E-state index in [1.807, 2.05) is 11.0 Å². The summed E-state index contributed by atoms with van der Waals surface area (Å²) in [6.45, 7) is 3.03. The lowest BCUT2D eigenvalue weighted by Gasteiger charge is -2.35. The lowest BCUT2D eigenvalue weighted by Crippen LogP contribution is -2.48. The molecule has 2 atom stereocenters. The molecule has 2 aliphatic heterocycles. The number of amides is 2. The molecule has 2 saturated heterocycles. The van der Waals surface area contributed by atoms with E-state index in [0.29, 0.717) is 12.4 Å². The molecule has 0 radical (unpaired) electrons. The van der Waals surface area contributed by atoms with Gasteiger partial charge in [-0.2, -0.15) is 0 Å². The van der Waals surface area contributed by atoms with Crippen molar-refractivity contribution in [3.05, 3.63) is 22.8 Å². The number of anilines is 1. The fraction of sp³-hybridized carbons (Fsp3) is 0.588. The molecule has 146 valence electrons. The van der Waals surface area contributed by atoms with Gasteiger partial charge in [0.1, 0.15) is 5.82 Å². The van der Waals surface area contributed by atoms with Crippen LogP contribution in [0.5, 0.6) is 0 Å². The lowest BCUT2D eigenvalue weighted by atomic mass is 9.93. The highest BCUT2D eigenvalue weighted by Crippen LogP contribution is 2.22. The number of likely N-dealkylation sites (tertiary alicyclic amines) is 1. The van der Waals surface area contributed by atoms with Gasteiger partial charge in [-0.3, -0.25) is 9.59 Å². The van der Waals surface area contributed by atoms with Crippen molar-refractivity contribution in [2.45, 2.75) is 25.7 Å². The highest BCUT2D eigenvalue weighted by atomic mass is 79.9. The monoisotopic (exact) mass is 466 g/mol. The number of pyridine rings is 1. The van der Waals surface area contributed by atoms with Crippen LogP contribution in [-0.2, 0) is 9.59 Å². The first-order valence-electron chi connectivity index (χ1n) is 8.55. The maximum absolute atomic E-state index is 12.7. The number of aromatic nitrogens is 1. The Morgan fingerprint density at radius 1 is 1.19 bits per heavy atom. The third-order valence-corrected chi connectivity index (χ3v) is 5.20. The molecule has 2 aliphatic rings. The van der Waals surface area contributed by atoms with Gasteiger partial charge in [0.2, 0.25) is 11.8 Å². The molecule has 0 saturated carbocycles. The number of hydrogen-bond acceptors (Lipinski definition) is 4. The van der Waals surface area contributed by atoms with Crippen LogP contribution in [0, 0.1) is 11.8 Å². The van der Waals surface area contributed by atoms with Crippen LogP contribution in [0.2, 0.25) is 0 Å². The molecule has 0 aliphatic carbocycles. The molecule has 2 N–H and O–H groups in total. The Labute approximate surface area is 174 Å². The molecule has 2 fully saturated rings. The van der Waals surface area contributed by atoms with E-state index in [2.05, 4.69) is 31.5 Å². The predicted octanol–water partition coefficient (Wildman–Crippen LogP) is 2.86. The number of piperidine rings is 2. The Balaban J connectivity index is 0.00000169. The van der Waals surface area contributed by atoms with E-state index >= 15 is 0 Å². The molecule has 0 spiro atoms. The third kappa shape index (κ3) is 6.08. The first kappa shape index (κ1) is 23.1. The van der Waals surface area contributed by atoms with E-state index in [1.54, 1.807) is 12.3 Å². The summed E-state index contributed by atoms with van der Waals surface area (Å²) >= 11 is 3.33. The minimum atomic E-state index is -0.162. The van der Waals surface area contributed by atoms with Gasteiger partial charge in [0.05, 0.1) is 11.8 Å². The fourth-order valence-electron chi connectivity index (χ4n) is 3.39. The van der Waals surface area contributed by atoms with Gasteiger partial charge in [0.15, 0.2) is 0 Å². The Hall–Kier alpha value is -0.890. The van der Waals surface area contributed by atoms with Crippen LogP contribution < -0.4 is 10.6 Å². The van der Waals surface area contributed by atoms with Crippen molar-refractivity contribution in [2.24, 2.45) is 11.8 Å². The molecule has 26 heavy (non-hydrogen) atoms. The van der Waals surface area contributed by atoms with Crippen molar-refractivity contribution in [1.29, 1.82) is 0 Å². The van der Waals surface area contributed by atoms with Crippen LogP contribution in [0.1, 0.15) is 25.7 Å². The number of hydrogen-bond donors (Lipinski definition) is 2. The van der Waals surface area contributed by atoms with Crippen LogP contribution in [0.4, 0.5) is 5.82 Å². The quantitative estimate of drug-likeness (QED) is 0.716. The number of rotatable bonds is 3. The molecule has 3 heterocycles. The summed E-state index contributed by atoms with van der Waals surface area (Å²) in [7, 11) is 0. The molecule has 1 aromatic rings. The Morgan fingerprint density at radius 3 is 2.62 bits per heavy atom. The maximum atomic E-state index is 12.7. The van der Waals surface area contributed by atoms with Crippen LogP contribution in [0.25, 0.3) is 0 Å². The van der Waals surface area contributed by atoms with Crippen molar-refractivity contribution < 1.29 is 9.59 Å². The van der Waals surface area contributed by atoms with E-state index in [4.69, 9.17) is 0 Å². The Bertz CT molecular complexity index is 597. The van der Waals surface area contributed by atoms with Gasteiger partial charge >= 0.3 is 0 Å². The number of carbonyl (C=O) groups is 2. The van der Waals surface area contributed by atoms with Crippen molar-refractivity contribution in [2.75, 3.05) is 31.5 Å². The van der Waals surface area contributed by atoms with E-state index < -0.39 is 0 Å². The van der Waals surface area contributed by atoms with Crippen molar-refractivity contribution >= 4 is 58.4 Å². The molecule has 9 heteroatoms. The molecule has 6 nitrogen and oxygen atoms in total. The molecule has 0 bridgehead atoms. The topological polar surface area (TPSA) is 74.3 Å². The van der Waals surface area contributed by atoms with E-state index in [0.717, 1.165) is 49.8 Å². The largest absolute Gasteiger partial charge is 0.342 e. The van der Waals surface area contributed by atoms with Gasteiger partial charge < -0.3 is 15.5 Å². The number of halogens is 3. The van der Waals surface area contributed by atoms with Gasteiger partial charge in [0, 0.05) is 30.3 Å². The molecule has 3 rings (SSSR count). The fourth-order valence-corrected chi connectivity index (χ4v) is 3.62. The van der Waals surface area contributed by atoms with E-state index in [1.165, 1.54) is 0 Å². The van der Waals surface area contributed by atoms with Gasteiger partial charge in [-0.15, -0.1) is 24.8 Å². The summed E-state index contributed by atoms with van der Waals surface area (Å²) in [6.07, 6.45) is 5.33. The van der Waals surface area contributed by atoms with E-state index in [9.17, 15) is 9.59 Å². The molecular weight excluding hydrogens is 443 g/mol. The molecule has 2 unspecified atom stereocenters. The first-order chi connectivity index (χ1) is 11.6. The normalized spacial score (nSPS) is 22.6. The maximum Gasteiger partial charge on any atom is 0.230 e. The summed E-state index contributed by atoms with van der Waals surface area (Å²) in [5.74, 6) is 0.590. The molecule has 0 aromatic carbocycles. The number of nitrogens with zero attached hydrogens (tertiary/aromatic N) is 2. The highest BCUT2D eigenvalue weighted by Gasteiger charge is 2.32. The second-order valence-corrected chi connectivity index (χ2v) is 7.43. The van der Waals surface area contributed by atoms with Gasteiger partial charge in [-0.25, -0.2) is 4.98 Å². The zero-order valence-electron chi connectivity index (χ0n) is 14.4. The van der Waals surface area contributed by atoms with Crippen molar-refractivity contribution in [1.82, 2.24) is 15.2 Å². The average molecular weight is 468 g/mol. The first-order valence-corrected chi connectivity index (χ1v) is 9.34. The predicted molar refractivity (Wildman–Crippen MR) is 110 cm³/mol. The van der Waals surface area contributed by atoms with Crippen LogP contribution in [0.3, 0.4) is 0 Å². The minimum absolute atomic E-state index is 0. The smallest absolute Gasteiger partial charge is 0.230 e. The van der Waals surface area contributed by atoms with E-state index in [-0.39, 0.29) is 48.5 Å². The van der Waals surface area contributed by atoms with Crippen LogP contribution in [0.15, 0.2) is 22.8 Å². The van der Waals surface area contributed by atoms with Gasteiger partial charge in [-0.05, 0) is 60.3 Å². The third-order valence-electron chi connectivity index (χ3n) is 4.73. The average Bonchev–Trinajstić information content (AvgIpc) is 2.64. The van der Waals surface area contributed by atoms with Crippen LogP contribution >= 0.6 is 40.7 Å². The van der Waals surface area contributed by atoms with Crippen molar-refractivity contribution in [3.8, 4) is 0 Å². The van der Waals surface area contributed by atoms with Gasteiger partial charge in [0.25, 0.3) is 0 Å². The number of nitrogens with one attached hydrogen (secondary N) is 2. The molecule has 1 aromatic heterocycles. The molecule has 2 amide bonds. The molecular formula is C17H25BrCl2N4O2. The minimum Gasteiger partial charge on any atom is -0.342 e. The van der Waals surface area contributed by atoms with Crippen molar-refractivity contribution in [3.63, 3.8) is 0 Å². The zero-order chi connectivity index (χ0) is 16.9. The summed E-state index contributed by atoms with van der Waals surface area (Å²) < 4.78 is 0.871. The van der Waals surface area contributed by atoms with Gasteiger partial charge in [-0.1, -0.05) is 0 Å². The highest BCUT2D eigenvalue weighted by molar-refractivity contribution is 9.10. The second kappa shape index (κ2) is 11.1. The lowest BCUT2D eigenvalue weighted by molar-refractivity contribution is -0.139. The SMILES string of the molecule is Cl.Cl.O=C(Nc1ccc(Br)cn1)C1CCCN(C(=O)C2CCCNC2)C1. The Morgan fingerprint density at radius 2 is 1.96 bits per heavy atom. The summed E-state index contributed by atoms with van der Waals surface area (Å²) in [4.78, 5) is 31.2. The second-order valence-electron chi connectivity index (χ2n) is 6.52. The Kier molecular flexibility index (Phi) is 9.85. The summed E-state index contributed by atoms with van der Waals surface area (Å²) in [6, 6.07) is 3.61.